The number of methoxy groups -OCH3 is 1. The minimum atomic E-state index is -0.937. The summed E-state index contributed by atoms with van der Waals surface area (Å²) in [6.45, 7) is 12.6. The van der Waals surface area contributed by atoms with Gasteiger partial charge in [-0.25, -0.2) is 16.2 Å². The summed E-state index contributed by atoms with van der Waals surface area (Å²) in [7, 11) is 1.25. The van der Waals surface area contributed by atoms with Crippen molar-refractivity contribution in [3.8, 4) is 0 Å². The van der Waals surface area contributed by atoms with Gasteiger partial charge in [0.1, 0.15) is 5.60 Å². The van der Waals surface area contributed by atoms with E-state index in [4.69, 9.17) is 11.3 Å². The van der Waals surface area contributed by atoms with Gasteiger partial charge in [-0.15, -0.1) is 0 Å². The summed E-state index contributed by atoms with van der Waals surface area (Å²) in [4.78, 5) is 27.4. The van der Waals surface area contributed by atoms with E-state index < -0.39 is 23.7 Å². The van der Waals surface area contributed by atoms with Crippen LogP contribution in [0.2, 0.25) is 0 Å². The Kier molecular flexibility index (Phi) is 4.93. The van der Waals surface area contributed by atoms with Crippen molar-refractivity contribution in [2.45, 2.75) is 38.8 Å². The number of hydrogen-bond acceptors (Lipinski definition) is 4. The molecule has 0 aliphatic heterocycles. The van der Waals surface area contributed by atoms with Crippen LogP contribution in [0.5, 0.6) is 0 Å². The Morgan fingerprint density at radius 3 is 2.54 bits per heavy atom. The molecule has 0 aliphatic rings. The number of esters is 1. The number of ether oxygens (including phenoxy) is 2. The molecule has 126 valence electrons. The molecule has 0 saturated heterocycles. The van der Waals surface area contributed by atoms with Gasteiger partial charge < -0.3 is 14.3 Å². The first-order valence-corrected chi connectivity index (χ1v) is 7.53. The van der Waals surface area contributed by atoms with E-state index in [2.05, 4.69) is 9.58 Å². The fourth-order valence-electron chi connectivity index (χ4n) is 2.40. The van der Waals surface area contributed by atoms with Crippen molar-refractivity contribution in [2.24, 2.45) is 0 Å². The number of carbonyl (C=O) groups excluding carboxylic acids is 2. The van der Waals surface area contributed by atoms with Crippen molar-refractivity contribution in [3.63, 3.8) is 0 Å². The van der Waals surface area contributed by atoms with Gasteiger partial charge >= 0.3 is 18.1 Å². The molecule has 0 spiro atoms. The maximum absolute atomic E-state index is 12.4. The third-order valence-electron chi connectivity index (χ3n) is 3.43. The fraction of sp³-hybridized carbons (Fsp3) is 0.389. The summed E-state index contributed by atoms with van der Waals surface area (Å²) >= 11 is 0. The molecule has 0 radical (unpaired) electrons. The molecule has 0 saturated carbocycles. The number of rotatable bonds is 3. The third kappa shape index (κ3) is 3.74. The lowest BCUT2D eigenvalue weighted by Gasteiger charge is -2.19. The third-order valence-corrected chi connectivity index (χ3v) is 3.43. The van der Waals surface area contributed by atoms with E-state index in [1.54, 1.807) is 33.0 Å². The monoisotopic (exact) mass is 328 g/mol. The number of carbonyl (C=O) groups is 2. The lowest BCUT2D eigenvalue weighted by molar-refractivity contribution is -0.141. The minimum absolute atomic E-state index is 0.173. The van der Waals surface area contributed by atoms with Crippen LogP contribution in [0.25, 0.3) is 15.7 Å². The molecule has 1 unspecified atom stereocenters. The number of benzene rings is 1. The molecule has 2 rings (SSSR count). The normalized spacial score (nSPS) is 12.5. The minimum Gasteiger partial charge on any atom is -0.463 e. The van der Waals surface area contributed by atoms with Gasteiger partial charge in [0.05, 0.1) is 19.0 Å². The zero-order chi connectivity index (χ0) is 17.9. The Bertz CT molecular complexity index is 809. The molecule has 1 atom stereocenters. The summed E-state index contributed by atoms with van der Waals surface area (Å²) < 4.78 is 11.5. The Morgan fingerprint density at radius 2 is 1.96 bits per heavy atom. The van der Waals surface area contributed by atoms with Crippen LogP contribution in [0, 0.1) is 6.57 Å². The van der Waals surface area contributed by atoms with Crippen LogP contribution >= 0.6 is 0 Å². The molecule has 0 N–H and O–H groups in total. The topological polar surface area (TPSA) is 61.9 Å². The van der Waals surface area contributed by atoms with Crippen molar-refractivity contribution in [1.29, 1.82) is 0 Å². The number of para-hydroxylation sites is 1. The van der Waals surface area contributed by atoms with Gasteiger partial charge in [-0.2, -0.15) is 0 Å². The average Bonchev–Trinajstić information content (AvgIpc) is 2.89. The van der Waals surface area contributed by atoms with E-state index >= 15 is 0 Å². The predicted octanol–water partition coefficient (Wildman–Crippen LogP) is 3.43. The molecule has 1 aromatic carbocycles. The van der Waals surface area contributed by atoms with Crippen molar-refractivity contribution in [1.82, 2.24) is 4.57 Å². The molecule has 1 heterocycles. The predicted molar refractivity (Wildman–Crippen MR) is 89.7 cm³/mol. The van der Waals surface area contributed by atoms with Crippen LogP contribution in [0.1, 0.15) is 26.3 Å². The standard InChI is InChI=1S/C18H20N2O4/c1-18(2,3)24-17(22)20-11-12(10-14(19-4)16(21)23-5)13-8-6-7-9-15(13)20/h6-9,11,14H,10H2,1-3,5H3. The number of hydrogen-bond donors (Lipinski definition) is 0. The van der Waals surface area contributed by atoms with E-state index in [-0.39, 0.29) is 6.42 Å². The maximum Gasteiger partial charge on any atom is 0.419 e. The highest BCUT2D eigenvalue weighted by molar-refractivity contribution is 5.92. The second-order valence-corrected chi connectivity index (χ2v) is 6.39. The molecular formula is C18H20N2O4. The fourth-order valence-corrected chi connectivity index (χ4v) is 2.40. The van der Waals surface area contributed by atoms with Crippen LogP contribution in [0.4, 0.5) is 4.79 Å². The first-order valence-electron chi connectivity index (χ1n) is 7.53. The number of fused-ring (bicyclic) bond motifs is 1. The molecule has 0 amide bonds. The molecule has 24 heavy (non-hydrogen) atoms. The van der Waals surface area contributed by atoms with Gasteiger partial charge in [-0.3, -0.25) is 4.57 Å². The number of nitrogens with zero attached hydrogens (tertiary/aromatic N) is 2. The summed E-state index contributed by atoms with van der Waals surface area (Å²) in [5, 5.41) is 0.806. The molecule has 6 heteroatoms. The lowest BCUT2D eigenvalue weighted by atomic mass is 10.1. The van der Waals surface area contributed by atoms with Gasteiger partial charge in [0.25, 0.3) is 0 Å². The molecule has 0 aliphatic carbocycles. The summed E-state index contributed by atoms with van der Waals surface area (Å²) in [5.74, 6) is -0.584. The van der Waals surface area contributed by atoms with Gasteiger partial charge in [-0.1, -0.05) is 18.2 Å². The van der Waals surface area contributed by atoms with E-state index in [9.17, 15) is 9.59 Å². The van der Waals surface area contributed by atoms with Gasteiger partial charge in [0, 0.05) is 11.6 Å². The van der Waals surface area contributed by atoms with Crippen molar-refractivity contribution in [3.05, 3.63) is 47.4 Å². The molecule has 0 fully saturated rings. The first-order chi connectivity index (χ1) is 11.3. The summed E-state index contributed by atoms with van der Waals surface area (Å²) in [6.07, 6.45) is 1.30. The van der Waals surface area contributed by atoms with Crippen molar-refractivity contribution >= 4 is 23.0 Å². The largest absolute Gasteiger partial charge is 0.463 e. The quantitative estimate of drug-likeness (QED) is 0.640. The van der Waals surface area contributed by atoms with E-state index in [0.29, 0.717) is 5.52 Å². The average molecular weight is 328 g/mol. The van der Waals surface area contributed by atoms with Gasteiger partial charge in [-0.05, 0) is 32.4 Å². The van der Waals surface area contributed by atoms with Crippen LogP contribution in [-0.2, 0) is 20.7 Å². The van der Waals surface area contributed by atoms with Crippen LogP contribution in [-0.4, -0.2) is 35.4 Å². The molecular weight excluding hydrogens is 308 g/mol. The SMILES string of the molecule is [C-]#[N+]C(Cc1cn(C(=O)OC(C)(C)C)c2ccccc12)C(=O)OC. The molecule has 6 nitrogen and oxygen atoms in total. The van der Waals surface area contributed by atoms with Gasteiger partial charge in [0.15, 0.2) is 0 Å². The van der Waals surface area contributed by atoms with Crippen molar-refractivity contribution in [2.75, 3.05) is 7.11 Å². The highest BCUT2D eigenvalue weighted by Gasteiger charge is 2.28. The van der Waals surface area contributed by atoms with Crippen LogP contribution < -0.4 is 0 Å². The first kappa shape index (κ1) is 17.5. The van der Waals surface area contributed by atoms with Crippen LogP contribution in [0.3, 0.4) is 0 Å². The van der Waals surface area contributed by atoms with E-state index in [1.165, 1.54) is 11.7 Å². The Balaban J connectivity index is 2.44. The second kappa shape index (κ2) is 6.75. The zero-order valence-electron chi connectivity index (χ0n) is 14.2. The summed E-state index contributed by atoms with van der Waals surface area (Å²) in [5.41, 5.74) is 0.784. The Hall–Kier alpha value is -2.81. The Labute approximate surface area is 140 Å². The maximum atomic E-state index is 12.4. The van der Waals surface area contributed by atoms with Crippen LogP contribution in [0.15, 0.2) is 30.5 Å². The smallest absolute Gasteiger partial charge is 0.419 e. The molecule has 0 bridgehead atoms. The number of aromatic nitrogens is 1. The second-order valence-electron chi connectivity index (χ2n) is 6.39. The van der Waals surface area contributed by atoms with E-state index in [1.807, 2.05) is 18.2 Å². The highest BCUT2D eigenvalue weighted by atomic mass is 16.6. The van der Waals surface area contributed by atoms with Crippen molar-refractivity contribution < 1.29 is 19.1 Å². The molecule has 1 aromatic heterocycles. The molecule has 2 aromatic rings. The zero-order valence-corrected chi connectivity index (χ0v) is 14.2. The Morgan fingerprint density at radius 1 is 1.29 bits per heavy atom. The summed E-state index contributed by atoms with van der Waals surface area (Å²) in [6, 6.07) is 6.38. The highest BCUT2D eigenvalue weighted by Crippen LogP contribution is 2.24. The van der Waals surface area contributed by atoms with Gasteiger partial charge in [0.2, 0.25) is 0 Å². The lowest BCUT2D eigenvalue weighted by Crippen LogP contribution is -2.26. The van der Waals surface area contributed by atoms with E-state index in [0.717, 1.165) is 10.9 Å².